The van der Waals surface area contributed by atoms with Crippen molar-refractivity contribution in [3.63, 3.8) is 0 Å². The summed E-state index contributed by atoms with van der Waals surface area (Å²) in [4.78, 5) is 16.2. The Kier molecular flexibility index (Phi) is 6.17. The van der Waals surface area contributed by atoms with Gasteiger partial charge >= 0.3 is 6.18 Å². The van der Waals surface area contributed by atoms with Crippen LogP contribution in [0.4, 0.5) is 23.2 Å². The Morgan fingerprint density at radius 1 is 1.50 bits per heavy atom. The molecule has 3 unspecified atom stereocenters. The molecule has 1 aromatic carbocycles. The van der Waals surface area contributed by atoms with E-state index in [-0.39, 0.29) is 22.0 Å². The molecule has 0 aliphatic carbocycles. The second-order valence-electron chi connectivity index (χ2n) is 5.90. The zero-order chi connectivity index (χ0) is 20.6. The van der Waals surface area contributed by atoms with E-state index in [4.69, 9.17) is 11.6 Å². The second kappa shape index (κ2) is 8.13. The predicted octanol–water partition coefficient (Wildman–Crippen LogP) is 3.51. The van der Waals surface area contributed by atoms with Crippen molar-refractivity contribution >= 4 is 46.1 Å². The number of hydrogen-bond donors (Lipinski definition) is 2. The van der Waals surface area contributed by atoms with Crippen LogP contribution in [0, 0.1) is 5.82 Å². The number of carbonyl (C=O) groups is 1. The maximum absolute atomic E-state index is 13.2. The number of aromatic nitrogens is 1. The van der Waals surface area contributed by atoms with Crippen molar-refractivity contribution in [3.05, 3.63) is 45.1 Å². The Labute approximate surface area is 169 Å². The fourth-order valence-electron chi connectivity index (χ4n) is 2.56. The van der Waals surface area contributed by atoms with Crippen LogP contribution in [0.25, 0.3) is 0 Å². The van der Waals surface area contributed by atoms with Gasteiger partial charge in [0.15, 0.2) is 5.01 Å². The molecule has 1 aromatic heterocycles. The number of nitrogens with one attached hydrogen (secondary N) is 2. The van der Waals surface area contributed by atoms with E-state index in [2.05, 4.69) is 15.0 Å². The average molecular weight is 457 g/mol. The number of benzene rings is 1. The molecule has 0 spiro atoms. The van der Waals surface area contributed by atoms with Crippen LogP contribution in [-0.2, 0) is 22.5 Å². The van der Waals surface area contributed by atoms with Gasteiger partial charge in [-0.05, 0) is 18.2 Å². The minimum Gasteiger partial charge on any atom is -0.579 e. The minimum absolute atomic E-state index is 0.0580. The van der Waals surface area contributed by atoms with E-state index in [9.17, 15) is 26.9 Å². The summed E-state index contributed by atoms with van der Waals surface area (Å²) >= 11 is 4.30. The fraction of sp³-hybridized carbons (Fsp3) is 0.333. The molecule has 6 nitrogen and oxygen atoms in total. The molecule has 1 saturated heterocycles. The zero-order valence-electron chi connectivity index (χ0n) is 14.1. The average Bonchev–Trinajstić information content (AvgIpc) is 3.11. The molecule has 2 aromatic rings. The van der Waals surface area contributed by atoms with Crippen molar-refractivity contribution in [2.75, 3.05) is 12.4 Å². The van der Waals surface area contributed by atoms with Crippen LogP contribution in [-0.4, -0.2) is 32.8 Å². The molecule has 2 heterocycles. The number of thiazole rings is 1. The first kappa shape index (κ1) is 21.3. The first-order valence-corrected chi connectivity index (χ1v) is 10.1. The van der Waals surface area contributed by atoms with Crippen LogP contribution in [0.15, 0.2) is 24.4 Å². The lowest BCUT2D eigenvalue weighted by molar-refractivity contribution is -0.137. The lowest BCUT2D eigenvalue weighted by Gasteiger charge is -2.35. The number of alkyl halides is 3. The van der Waals surface area contributed by atoms with Gasteiger partial charge in [0.2, 0.25) is 5.91 Å². The van der Waals surface area contributed by atoms with Crippen molar-refractivity contribution < 1.29 is 26.9 Å². The van der Waals surface area contributed by atoms with Crippen LogP contribution in [0.3, 0.4) is 0 Å². The molecule has 3 atom stereocenters. The topological polar surface area (TPSA) is 80.3 Å². The Balaban J connectivity index is 1.77. The van der Waals surface area contributed by atoms with E-state index >= 15 is 0 Å². The van der Waals surface area contributed by atoms with Crippen molar-refractivity contribution in [1.82, 2.24) is 14.0 Å². The molecule has 1 aliphatic rings. The summed E-state index contributed by atoms with van der Waals surface area (Å²) < 4.78 is 67.8. The van der Waals surface area contributed by atoms with Crippen LogP contribution >= 0.6 is 22.9 Å². The minimum atomic E-state index is -4.58. The molecule has 0 bridgehead atoms. The summed E-state index contributed by atoms with van der Waals surface area (Å²) in [6.45, 7) is 0. The standard InChI is InChI=1S/C15H13ClF4N4O2S2/c1-24-11(13(25)22-7-2-3-9(17)8(16)4-7)5-10(23-28(24)26)12-6-21-14(27-12)15(18,19)20/h2-4,6,10-11,23H,5H2,1H3,(H,22,25). The van der Waals surface area contributed by atoms with Crippen molar-refractivity contribution in [2.24, 2.45) is 0 Å². The third kappa shape index (κ3) is 4.58. The number of hydrogen-bond acceptors (Lipinski definition) is 6. The Morgan fingerprint density at radius 2 is 2.21 bits per heavy atom. The van der Waals surface area contributed by atoms with Gasteiger partial charge in [0.05, 0.1) is 11.1 Å². The van der Waals surface area contributed by atoms with Gasteiger partial charge in [0.1, 0.15) is 23.4 Å². The van der Waals surface area contributed by atoms with E-state index in [1.807, 2.05) is 0 Å². The highest BCUT2D eigenvalue weighted by Crippen LogP contribution is 2.37. The summed E-state index contributed by atoms with van der Waals surface area (Å²) in [6, 6.07) is 1.96. The molecule has 1 fully saturated rings. The van der Waals surface area contributed by atoms with E-state index in [0.29, 0.717) is 11.3 Å². The molecular weight excluding hydrogens is 444 g/mol. The first-order valence-electron chi connectivity index (χ1n) is 7.76. The molecule has 152 valence electrons. The second-order valence-corrected chi connectivity index (χ2v) is 8.68. The molecule has 13 heteroatoms. The number of rotatable bonds is 3. The van der Waals surface area contributed by atoms with Gasteiger partial charge in [0, 0.05) is 30.2 Å². The molecule has 3 rings (SSSR count). The Hall–Kier alpha value is -1.44. The predicted molar refractivity (Wildman–Crippen MR) is 97.3 cm³/mol. The highest BCUT2D eigenvalue weighted by molar-refractivity contribution is 7.87. The quantitative estimate of drug-likeness (QED) is 0.546. The number of halogens is 5. The maximum Gasteiger partial charge on any atom is 0.443 e. The first-order chi connectivity index (χ1) is 13.1. The van der Waals surface area contributed by atoms with Crippen molar-refractivity contribution in [1.29, 1.82) is 0 Å². The highest BCUT2D eigenvalue weighted by atomic mass is 35.5. The SMILES string of the molecule is CN1C(C(=O)Nc2ccc(F)c(Cl)c2)CC(c2cnc(C(F)(F)F)s2)N[S+]1[O-]. The smallest absolute Gasteiger partial charge is 0.443 e. The number of nitrogens with zero attached hydrogens (tertiary/aromatic N) is 2. The third-order valence-electron chi connectivity index (χ3n) is 4.00. The molecule has 2 N–H and O–H groups in total. The number of anilines is 1. The Morgan fingerprint density at radius 3 is 2.82 bits per heavy atom. The molecule has 0 saturated carbocycles. The van der Waals surface area contributed by atoms with Crippen molar-refractivity contribution in [2.45, 2.75) is 24.7 Å². The molecule has 28 heavy (non-hydrogen) atoms. The van der Waals surface area contributed by atoms with Gasteiger partial charge in [0.25, 0.3) is 0 Å². The van der Waals surface area contributed by atoms with Gasteiger partial charge in [-0.15, -0.1) is 16.1 Å². The molecular formula is C15H13ClF4N4O2S2. The Bertz CT molecular complexity index is 882. The van der Waals surface area contributed by atoms with Crippen LogP contribution < -0.4 is 10.0 Å². The summed E-state index contributed by atoms with van der Waals surface area (Å²) in [7, 11) is 1.44. The lowest BCUT2D eigenvalue weighted by Crippen LogP contribution is -2.55. The maximum atomic E-state index is 13.2. The molecule has 0 radical (unpaired) electrons. The van der Waals surface area contributed by atoms with Gasteiger partial charge < -0.3 is 9.87 Å². The normalized spacial score (nSPS) is 23.6. The number of amides is 1. The molecule has 1 aliphatic heterocycles. The molecule has 1 amide bonds. The third-order valence-corrected chi connectivity index (χ3v) is 6.71. The summed E-state index contributed by atoms with van der Waals surface area (Å²) in [5.74, 6) is -1.20. The summed E-state index contributed by atoms with van der Waals surface area (Å²) in [6.07, 6.45) is -3.46. The van der Waals surface area contributed by atoms with Gasteiger partial charge in [-0.3, -0.25) is 4.79 Å². The van der Waals surface area contributed by atoms with Crippen LogP contribution in [0.5, 0.6) is 0 Å². The summed E-state index contributed by atoms with van der Waals surface area (Å²) in [5.41, 5.74) is 0.239. The summed E-state index contributed by atoms with van der Waals surface area (Å²) in [5, 5.41) is 1.35. The lowest BCUT2D eigenvalue weighted by atomic mass is 10.1. The van der Waals surface area contributed by atoms with Gasteiger partial charge in [-0.1, -0.05) is 15.9 Å². The van der Waals surface area contributed by atoms with E-state index in [1.54, 1.807) is 0 Å². The monoisotopic (exact) mass is 456 g/mol. The number of carbonyl (C=O) groups excluding carboxylic acids is 1. The fourth-order valence-corrected chi connectivity index (χ4v) is 4.71. The van der Waals surface area contributed by atoms with E-state index in [1.165, 1.54) is 23.5 Å². The van der Waals surface area contributed by atoms with Crippen LogP contribution in [0.2, 0.25) is 5.02 Å². The van der Waals surface area contributed by atoms with Gasteiger partial charge in [-0.25, -0.2) is 9.37 Å². The highest BCUT2D eigenvalue weighted by Gasteiger charge is 2.43. The van der Waals surface area contributed by atoms with Gasteiger partial charge in [-0.2, -0.15) is 13.2 Å². The van der Waals surface area contributed by atoms with Crippen LogP contribution in [0.1, 0.15) is 22.3 Å². The van der Waals surface area contributed by atoms with E-state index < -0.39 is 46.5 Å². The zero-order valence-corrected chi connectivity index (χ0v) is 16.5. The van der Waals surface area contributed by atoms with Crippen molar-refractivity contribution in [3.8, 4) is 0 Å². The largest absolute Gasteiger partial charge is 0.579 e. The van der Waals surface area contributed by atoms with E-state index in [0.717, 1.165) is 12.3 Å². The number of likely N-dealkylation sites (N-methyl/N-ethyl adjacent to an activating group) is 1.